The van der Waals surface area contributed by atoms with Crippen LogP contribution < -0.4 is 0 Å². The van der Waals surface area contributed by atoms with Gasteiger partial charge in [0.1, 0.15) is 12.3 Å². The van der Waals surface area contributed by atoms with Gasteiger partial charge in [-0.05, 0) is 25.7 Å². The summed E-state index contributed by atoms with van der Waals surface area (Å²) in [4.78, 5) is 0. The molecule has 2 unspecified atom stereocenters. The highest BCUT2D eigenvalue weighted by Crippen LogP contribution is 2.33. The van der Waals surface area contributed by atoms with Gasteiger partial charge in [0.15, 0.2) is 17.8 Å². The molecule has 5 heteroatoms. The summed E-state index contributed by atoms with van der Waals surface area (Å²) >= 11 is 0. The molecule has 0 saturated carbocycles. The lowest BCUT2D eigenvalue weighted by atomic mass is 9.92. The largest absolute Gasteiger partial charge is 0.243 e. The van der Waals surface area contributed by atoms with Crippen molar-refractivity contribution in [1.29, 1.82) is 0 Å². The summed E-state index contributed by atoms with van der Waals surface area (Å²) in [5.41, 5.74) is -2.51. The van der Waals surface area contributed by atoms with Gasteiger partial charge in [0.05, 0.1) is 0 Å². The summed E-state index contributed by atoms with van der Waals surface area (Å²) in [6.45, 7) is 2.70. The fourth-order valence-electron chi connectivity index (χ4n) is 1.16. The average molecular weight is 244 g/mol. The van der Waals surface area contributed by atoms with Crippen molar-refractivity contribution < 1.29 is 22.0 Å². The topological polar surface area (TPSA) is 0 Å². The van der Waals surface area contributed by atoms with Gasteiger partial charge in [-0.3, -0.25) is 0 Å². The Kier molecular flexibility index (Phi) is 5.97. The van der Waals surface area contributed by atoms with E-state index < -0.39 is 30.2 Å². The monoisotopic (exact) mass is 244 g/mol. The van der Waals surface area contributed by atoms with E-state index in [0.717, 1.165) is 6.92 Å². The summed E-state index contributed by atoms with van der Waals surface area (Å²) in [7, 11) is 0. The van der Waals surface area contributed by atoms with Crippen molar-refractivity contribution in [3.63, 3.8) is 0 Å². The molecule has 0 rings (SSSR count). The van der Waals surface area contributed by atoms with Crippen molar-refractivity contribution in [2.75, 3.05) is 6.67 Å². The molecule has 16 heavy (non-hydrogen) atoms. The number of rotatable bonds is 6. The van der Waals surface area contributed by atoms with Gasteiger partial charge < -0.3 is 0 Å². The zero-order valence-electron chi connectivity index (χ0n) is 9.67. The van der Waals surface area contributed by atoms with E-state index in [1.807, 2.05) is 0 Å². The molecule has 0 aromatic heterocycles. The molecule has 0 N–H and O–H groups in total. The third-order valence-electron chi connectivity index (χ3n) is 2.34. The van der Waals surface area contributed by atoms with Crippen LogP contribution in [0.4, 0.5) is 22.0 Å². The molecule has 0 bridgehead atoms. The average Bonchev–Trinajstić information content (AvgIpc) is 2.23. The van der Waals surface area contributed by atoms with E-state index in [-0.39, 0.29) is 12.3 Å². The quantitative estimate of drug-likeness (QED) is 0.598. The second kappa shape index (κ2) is 6.21. The minimum absolute atomic E-state index is 0.125. The fourth-order valence-corrected chi connectivity index (χ4v) is 1.16. The van der Waals surface area contributed by atoms with Crippen LogP contribution in [0.15, 0.2) is 11.7 Å². The van der Waals surface area contributed by atoms with E-state index in [9.17, 15) is 22.0 Å². The third kappa shape index (κ3) is 4.49. The fraction of sp³-hybridized carbons (Fsp3) is 0.818. The second-order valence-corrected chi connectivity index (χ2v) is 4.46. The lowest BCUT2D eigenvalue weighted by Crippen LogP contribution is -2.33. The van der Waals surface area contributed by atoms with Gasteiger partial charge in [0, 0.05) is 0 Å². The van der Waals surface area contributed by atoms with Gasteiger partial charge in [-0.15, -0.1) is 0 Å². The first kappa shape index (κ1) is 15.4. The van der Waals surface area contributed by atoms with Crippen LogP contribution in [0.25, 0.3) is 0 Å². The van der Waals surface area contributed by atoms with Gasteiger partial charge in [-0.2, -0.15) is 0 Å². The van der Waals surface area contributed by atoms with Gasteiger partial charge in [0.25, 0.3) is 0 Å². The first-order chi connectivity index (χ1) is 7.22. The number of hydrogen-bond acceptors (Lipinski definition) is 0. The first-order valence-corrected chi connectivity index (χ1v) is 5.15. The second-order valence-electron chi connectivity index (χ2n) is 4.46. The Morgan fingerprint density at radius 1 is 1.25 bits per heavy atom. The SMILES string of the molecule is CC(C)CCC(C)(F)C(F)/C(F)=C(/F)CF. The minimum Gasteiger partial charge on any atom is -0.243 e. The van der Waals surface area contributed by atoms with Crippen LogP contribution >= 0.6 is 0 Å². The van der Waals surface area contributed by atoms with Crippen LogP contribution in [-0.4, -0.2) is 18.5 Å². The molecule has 0 fully saturated rings. The van der Waals surface area contributed by atoms with Crippen molar-refractivity contribution in [2.45, 2.75) is 45.5 Å². The number of hydrogen-bond donors (Lipinski definition) is 0. The van der Waals surface area contributed by atoms with Crippen molar-refractivity contribution >= 4 is 0 Å². The van der Waals surface area contributed by atoms with E-state index in [2.05, 4.69) is 0 Å². The van der Waals surface area contributed by atoms with E-state index in [0.29, 0.717) is 6.42 Å². The molecule has 0 aliphatic carbocycles. The maximum atomic E-state index is 13.7. The Labute approximate surface area is 92.5 Å². The molecule has 0 amide bonds. The van der Waals surface area contributed by atoms with Crippen LogP contribution in [0.2, 0.25) is 0 Å². The highest BCUT2D eigenvalue weighted by molar-refractivity contribution is 5.11. The summed E-state index contributed by atoms with van der Waals surface area (Å²) in [6.07, 6.45) is -2.64. The lowest BCUT2D eigenvalue weighted by Gasteiger charge is -2.24. The zero-order valence-corrected chi connectivity index (χ0v) is 9.67. The van der Waals surface area contributed by atoms with Crippen LogP contribution in [0.5, 0.6) is 0 Å². The molecule has 96 valence electrons. The highest BCUT2D eigenvalue weighted by Gasteiger charge is 2.39. The Balaban J connectivity index is 4.62. The predicted octanol–water partition coefficient (Wildman–Crippen LogP) is 4.61. The molecule has 2 atom stereocenters. The Morgan fingerprint density at radius 3 is 2.12 bits per heavy atom. The predicted molar refractivity (Wildman–Crippen MR) is 53.7 cm³/mol. The molecular weight excluding hydrogens is 227 g/mol. The maximum absolute atomic E-state index is 13.7. The molecule has 0 aromatic rings. The Hall–Kier alpha value is -0.610. The summed E-state index contributed by atoms with van der Waals surface area (Å²) in [6, 6.07) is 0. The van der Waals surface area contributed by atoms with Crippen LogP contribution in [0.3, 0.4) is 0 Å². The van der Waals surface area contributed by atoms with Crippen molar-refractivity contribution in [3.05, 3.63) is 11.7 Å². The molecule has 0 spiro atoms. The zero-order chi connectivity index (χ0) is 12.9. The van der Waals surface area contributed by atoms with Crippen LogP contribution in [0.1, 0.15) is 33.6 Å². The van der Waals surface area contributed by atoms with Crippen molar-refractivity contribution in [2.24, 2.45) is 5.92 Å². The van der Waals surface area contributed by atoms with E-state index in [1.165, 1.54) is 0 Å². The van der Waals surface area contributed by atoms with Gasteiger partial charge >= 0.3 is 0 Å². The molecule has 0 aliphatic rings. The van der Waals surface area contributed by atoms with Gasteiger partial charge in [-0.1, -0.05) is 13.8 Å². The number of allylic oxidation sites excluding steroid dienone is 2. The molecule has 0 saturated heterocycles. The lowest BCUT2D eigenvalue weighted by molar-refractivity contribution is 0.0587. The minimum atomic E-state index is -2.75. The normalized spacial score (nSPS) is 19.3. The molecular formula is C11H17F5. The van der Waals surface area contributed by atoms with E-state index >= 15 is 0 Å². The Morgan fingerprint density at radius 2 is 1.75 bits per heavy atom. The van der Waals surface area contributed by atoms with Gasteiger partial charge in [-0.25, -0.2) is 22.0 Å². The van der Waals surface area contributed by atoms with E-state index in [4.69, 9.17) is 0 Å². The smallest absolute Gasteiger partial charge is 0.187 e. The van der Waals surface area contributed by atoms with Gasteiger partial charge in [0.2, 0.25) is 0 Å². The van der Waals surface area contributed by atoms with Crippen molar-refractivity contribution in [1.82, 2.24) is 0 Å². The standard InChI is InChI=1S/C11H17F5/c1-7(2)4-5-11(3,16)10(15)9(14)8(13)6-12/h7,10H,4-6H2,1-3H3/b9-8-. The number of halogens is 5. The number of alkyl halides is 3. The van der Waals surface area contributed by atoms with Crippen LogP contribution in [0, 0.1) is 5.92 Å². The third-order valence-corrected chi connectivity index (χ3v) is 2.34. The van der Waals surface area contributed by atoms with E-state index in [1.54, 1.807) is 13.8 Å². The molecule has 0 aliphatic heterocycles. The highest BCUT2D eigenvalue weighted by atomic mass is 19.2. The maximum Gasteiger partial charge on any atom is 0.187 e. The first-order valence-electron chi connectivity index (χ1n) is 5.15. The van der Waals surface area contributed by atoms with Crippen molar-refractivity contribution in [3.8, 4) is 0 Å². The molecule has 0 aromatic carbocycles. The summed E-state index contributed by atoms with van der Waals surface area (Å²) in [5, 5.41) is 0. The summed E-state index contributed by atoms with van der Waals surface area (Å²) < 4.78 is 63.9. The van der Waals surface area contributed by atoms with Crippen LogP contribution in [-0.2, 0) is 0 Å². The molecule has 0 radical (unpaired) electrons. The Bertz CT molecular complexity index is 245. The molecule has 0 nitrogen and oxygen atoms in total. The summed E-state index contributed by atoms with van der Waals surface area (Å²) in [5.74, 6) is -3.72. The molecule has 0 heterocycles.